The van der Waals surface area contributed by atoms with Crippen molar-refractivity contribution in [1.82, 2.24) is 4.98 Å². The summed E-state index contributed by atoms with van der Waals surface area (Å²) in [5.74, 6) is 0.969. The van der Waals surface area contributed by atoms with Gasteiger partial charge in [-0.25, -0.2) is 9.78 Å². The van der Waals surface area contributed by atoms with Crippen molar-refractivity contribution in [2.45, 2.75) is 39.5 Å². The number of carboxylic acids is 1. The Morgan fingerprint density at radius 3 is 2.76 bits per heavy atom. The van der Waals surface area contributed by atoms with Crippen molar-refractivity contribution >= 4 is 17.9 Å². The number of hydrogen-bond acceptors (Lipinski definition) is 3. The molecule has 0 amide bonds. The molecule has 114 valence electrons. The summed E-state index contributed by atoms with van der Waals surface area (Å²) in [6.45, 7) is 6.44. The molecule has 1 fully saturated rings. The molecule has 1 aromatic heterocycles. The fourth-order valence-electron chi connectivity index (χ4n) is 3.02. The summed E-state index contributed by atoms with van der Waals surface area (Å²) in [5.41, 5.74) is 1.94. The number of carboxylic acid groups (broad SMARTS) is 1. The summed E-state index contributed by atoms with van der Waals surface area (Å²) in [6.07, 6.45) is 9.57. The number of rotatable bonds is 5. The predicted molar refractivity (Wildman–Crippen MR) is 85.5 cm³/mol. The lowest BCUT2D eigenvalue weighted by Gasteiger charge is -2.33. The van der Waals surface area contributed by atoms with Crippen LogP contribution in [0.4, 0.5) is 5.82 Å². The van der Waals surface area contributed by atoms with Gasteiger partial charge in [0.05, 0.1) is 0 Å². The molecular weight excluding hydrogens is 264 g/mol. The SMILES string of the molecule is CCCC1CCN(c2ncc(/C=C/C(=O)O)cc2C)CC1. The maximum atomic E-state index is 10.5. The third-order valence-corrected chi connectivity index (χ3v) is 4.10. The average Bonchev–Trinajstić information content (AvgIpc) is 2.47. The first-order valence-electron chi connectivity index (χ1n) is 7.72. The molecule has 0 aliphatic carbocycles. The van der Waals surface area contributed by atoms with E-state index in [9.17, 15) is 4.79 Å². The topological polar surface area (TPSA) is 53.4 Å². The van der Waals surface area contributed by atoms with Crippen molar-refractivity contribution in [3.63, 3.8) is 0 Å². The lowest BCUT2D eigenvalue weighted by molar-refractivity contribution is -0.131. The van der Waals surface area contributed by atoms with Gasteiger partial charge in [0.1, 0.15) is 5.82 Å². The first kappa shape index (κ1) is 15.5. The summed E-state index contributed by atoms with van der Waals surface area (Å²) < 4.78 is 0. The normalized spacial score (nSPS) is 16.6. The highest BCUT2D eigenvalue weighted by Gasteiger charge is 2.20. The largest absolute Gasteiger partial charge is 0.478 e. The lowest BCUT2D eigenvalue weighted by atomic mass is 9.92. The zero-order valence-corrected chi connectivity index (χ0v) is 12.9. The molecule has 0 aromatic carbocycles. The number of carbonyl (C=O) groups is 1. The monoisotopic (exact) mass is 288 g/mol. The van der Waals surface area contributed by atoms with Crippen molar-refractivity contribution in [2.24, 2.45) is 5.92 Å². The molecule has 0 bridgehead atoms. The van der Waals surface area contributed by atoms with Crippen LogP contribution in [0.25, 0.3) is 6.08 Å². The van der Waals surface area contributed by atoms with Crippen LogP contribution in [0.1, 0.15) is 43.7 Å². The third-order valence-electron chi connectivity index (χ3n) is 4.10. The number of aliphatic carboxylic acids is 1. The highest BCUT2D eigenvalue weighted by molar-refractivity contribution is 5.85. The Balaban J connectivity index is 2.03. The minimum absolute atomic E-state index is 0.833. The number of piperidine rings is 1. The highest BCUT2D eigenvalue weighted by atomic mass is 16.4. The van der Waals surface area contributed by atoms with Gasteiger partial charge in [0.15, 0.2) is 0 Å². The van der Waals surface area contributed by atoms with E-state index in [1.165, 1.54) is 25.7 Å². The minimum atomic E-state index is -0.935. The molecule has 0 saturated carbocycles. The number of aryl methyl sites for hydroxylation is 1. The zero-order chi connectivity index (χ0) is 15.2. The van der Waals surface area contributed by atoms with E-state index in [2.05, 4.69) is 16.8 Å². The van der Waals surface area contributed by atoms with Crippen molar-refractivity contribution in [2.75, 3.05) is 18.0 Å². The molecule has 0 radical (unpaired) electrons. The quantitative estimate of drug-likeness (QED) is 0.842. The van der Waals surface area contributed by atoms with Gasteiger partial charge in [0.25, 0.3) is 0 Å². The van der Waals surface area contributed by atoms with E-state index >= 15 is 0 Å². The molecule has 0 unspecified atom stereocenters. The Bertz CT molecular complexity index is 518. The van der Waals surface area contributed by atoms with Crippen LogP contribution in [-0.4, -0.2) is 29.1 Å². The first-order chi connectivity index (χ1) is 10.1. The van der Waals surface area contributed by atoms with E-state index in [-0.39, 0.29) is 0 Å². The Kier molecular flexibility index (Phi) is 5.37. The fraction of sp³-hybridized carbons (Fsp3) is 0.529. The van der Waals surface area contributed by atoms with Gasteiger partial charge in [0, 0.05) is 25.4 Å². The molecular formula is C17H24N2O2. The van der Waals surface area contributed by atoms with E-state index in [0.29, 0.717) is 0 Å². The molecule has 1 saturated heterocycles. The van der Waals surface area contributed by atoms with Gasteiger partial charge >= 0.3 is 5.97 Å². The summed E-state index contributed by atoms with van der Waals surface area (Å²) >= 11 is 0. The molecule has 4 nitrogen and oxygen atoms in total. The standard InChI is InChI=1S/C17H24N2O2/c1-3-4-14-7-9-19(10-8-14)17-13(2)11-15(12-18-17)5-6-16(20)21/h5-6,11-12,14H,3-4,7-10H2,1-2H3,(H,20,21)/b6-5+. The molecule has 0 atom stereocenters. The van der Waals surface area contributed by atoms with Crippen LogP contribution in [0.15, 0.2) is 18.3 Å². The van der Waals surface area contributed by atoms with Crippen LogP contribution < -0.4 is 4.90 Å². The number of hydrogen-bond donors (Lipinski definition) is 1. The second-order valence-corrected chi connectivity index (χ2v) is 5.80. The van der Waals surface area contributed by atoms with E-state index in [1.807, 2.05) is 13.0 Å². The summed E-state index contributed by atoms with van der Waals surface area (Å²) in [5, 5.41) is 8.66. The van der Waals surface area contributed by atoms with E-state index in [0.717, 1.165) is 42.0 Å². The van der Waals surface area contributed by atoms with Gasteiger partial charge in [-0.15, -0.1) is 0 Å². The van der Waals surface area contributed by atoms with Crippen molar-refractivity contribution < 1.29 is 9.90 Å². The van der Waals surface area contributed by atoms with Gasteiger partial charge in [-0.3, -0.25) is 0 Å². The van der Waals surface area contributed by atoms with Crippen LogP contribution >= 0.6 is 0 Å². The molecule has 0 spiro atoms. The summed E-state index contributed by atoms with van der Waals surface area (Å²) in [7, 11) is 0. The van der Waals surface area contributed by atoms with E-state index in [4.69, 9.17) is 5.11 Å². The second kappa shape index (κ2) is 7.25. The van der Waals surface area contributed by atoms with Gasteiger partial charge in [-0.05, 0) is 49.0 Å². The average molecular weight is 288 g/mol. The van der Waals surface area contributed by atoms with Crippen LogP contribution in [-0.2, 0) is 4.79 Å². The van der Waals surface area contributed by atoms with Crippen LogP contribution in [0, 0.1) is 12.8 Å². The molecule has 2 heterocycles. The number of nitrogens with zero attached hydrogens (tertiary/aromatic N) is 2. The molecule has 1 aliphatic rings. The van der Waals surface area contributed by atoms with Crippen LogP contribution in [0.2, 0.25) is 0 Å². The van der Waals surface area contributed by atoms with Crippen LogP contribution in [0.5, 0.6) is 0 Å². The second-order valence-electron chi connectivity index (χ2n) is 5.80. The van der Waals surface area contributed by atoms with Crippen LogP contribution in [0.3, 0.4) is 0 Å². The van der Waals surface area contributed by atoms with Crippen molar-refractivity contribution in [1.29, 1.82) is 0 Å². The van der Waals surface area contributed by atoms with Gasteiger partial charge in [-0.1, -0.05) is 19.8 Å². The molecule has 21 heavy (non-hydrogen) atoms. The van der Waals surface area contributed by atoms with Crippen molar-refractivity contribution in [3.05, 3.63) is 29.5 Å². The Morgan fingerprint density at radius 1 is 1.48 bits per heavy atom. The third kappa shape index (κ3) is 4.31. The summed E-state index contributed by atoms with van der Waals surface area (Å²) in [6, 6.07) is 2.00. The lowest BCUT2D eigenvalue weighted by Crippen LogP contribution is -2.34. The number of pyridine rings is 1. The zero-order valence-electron chi connectivity index (χ0n) is 12.9. The predicted octanol–water partition coefficient (Wildman–Crippen LogP) is 3.50. The highest BCUT2D eigenvalue weighted by Crippen LogP contribution is 2.27. The first-order valence-corrected chi connectivity index (χ1v) is 7.72. The minimum Gasteiger partial charge on any atom is -0.478 e. The number of anilines is 1. The van der Waals surface area contributed by atoms with Gasteiger partial charge in [0.2, 0.25) is 0 Å². The Labute approximate surface area is 126 Å². The fourth-order valence-corrected chi connectivity index (χ4v) is 3.02. The molecule has 4 heteroatoms. The maximum Gasteiger partial charge on any atom is 0.328 e. The van der Waals surface area contributed by atoms with E-state index < -0.39 is 5.97 Å². The summed E-state index contributed by atoms with van der Waals surface area (Å²) in [4.78, 5) is 17.4. The molecule has 2 rings (SSSR count). The maximum absolute atomic E-state index is 10.5. The smallest absolute Gasteiger partial charge is 0.328 e. The molecule has 1 aliphatic heterocycles. The molecule has 1 N–H and O–H groups in total. The molecule has 1 aromatic rings. The van der Waals surface area contributed by atoms with Gasteiger partial charge in [-0.2, -0.15) is 0 Å². The van der Waals surface area contributed by atoms with Crippen molar-refractivity contribution in [3.8, 4) is 0 Å². The number of aromatic nitrogens is 1. The Morgan fingerprint density at radius 2 is 2.19 bits per heavy atom. The Hall–Kier alpha value is -1.84. The van der Waals surface area contributed by atoms with Gasteiger partial charge < -0.3 is 10.0 Å². The van der Waals surface area contributed by atoms with E-state index in [1.54, 1.807) is 12.3 Å².